The van der Waals surface area contributed by atoms with Gasteiger partial charge in [-0.3, -0.25) is 4.79 Å². The van der Waals surface area contributed by atoms with Gasteiger partial charge in [0.1, 0.15) is 11.6 Å². The van der Waals surface area contributed by atoms with Gasteiger partial charge in [0.25, 0.3) is 5.91 Å². The highest BCUT2D eigenvalue weighted by molar-refractivity contribution is 7.17. The molecule has 6 heteroatoms. The van der Waals surface area contributed by atoms with Crippen LogP contribution in [0.2, 0.25) is 5.02 Å². The molecule has 0 spiro atoms. The van der Waals surface area contributed by atoms with Crippen LogP contribution in [0.25, 0.3) is 10.4 Å². The van der Waals surface area contributed by atoms with Crippen molar-refractivity contribution in [2.45, 2.75) is 19.4 Å². The first-order chi connectivity index (χ1) is 13.1. The van der Waals surface area contributed by atoms with Gasteiger partial charge in [-0.05, 0) is 59.9 Å². The van der Waals surface area contributed by atoms with Gasteiger partial charge in [0.15, 0.2) is 0 Å². The predicted octanol–water partition coefficient (Wildman–Crippen LogP) is 5.24. The summed E-state index contributed by atoms with van der Waals surface area (Å²) in [7, 11) is 1.65. The Morgan fingerprint density at radius 1 is 1.22 bits per heavy atom. The number of thiophene rings is 1. The molecule has 2 aromatic carbocycles. The van der Waals surface area contributed by atoms with Crippen molar-refractivity contribution in [3.8, 4) is 16.2 Å². The number of nitrogens with one attached hydrogen (secondary N) is 1. The zero-order valence-corrected chi connectivity index (χ0v) is 16.2. The number of halogens is 2. The normalized spacial score (nSPS) is 12.3. The Labute approximate surface area is 165 Å². The van der Waals surface area contributed by atoms with Crippen LogP contribution in [0.1, 0.15) is 26.4 Å². The third-order valence-corrected chi connectivity index (χ3v) is 6.31. The van der Waals surface area contributed by atoms with E-state index in [1.165, 1.54) is 23.0 Å². The zero-order chi connectivity index (χ0) is 19.0. The van der Waals surface area contributed by atoms with Crippen molar-refractivity contribution in [1.82, 2.24) is 5.32 Å². The maximum Gasteiger partial charge on any atom is 0.261 e. The van der Waals surface area contributed by atoms with Crippen LogP contribution in [0.5, 0.6) is 5.75 Å². The summed E-state index contributed by atoms with van der Waals surface area (Å²) in [6.45, 7) is 0.0529. The summed E-state index contributed by atoms with van der Waals surface area (Å²) in [5.74, 6) is 0.155. The molecule has 1 aliphatic carbocycles. The number of benzene rings is 2. The maximum absolute atomic E-state index is 13.9. The molecule has 1 aromatic heterocycles. The molecule has 138 valence electrons. The van der Waals surface area contributed by atoms with Crippen molar-refractivity contribution >= 4 is 28.8 Å². The van der Waals surface area contributed by atoms with Crippen LogP contribution >= 0.6 is 22.9 Å². The third-order valence-electron chi connectivity index (χ3n) is 4.75. The van der Waals surface area contributed by atoms with Crippen LogP contribution in [0.3, 0.4) is 0 Å². The van der Waals surface area contributed by atoms with Crippen LogP contribution in [0, 0.1) is 5.82 Å². The fraction of sp³-hybridized carbons (Fsp3) is 0.190. The van der Waals surface area contributed by atoms with Crippen molar-refractivity contribution in [2.24, 2.45) is 0 Å². The van der Waals surface area contributed by atoms with Gasteiger partial charge >= 0.3 is 0 Å². The molecule has 0 saturated heterocycles. The fourth-order valence-corrected chi connectivity index (χ4v) is 4.70. The Bertz CT molecular complexity index is 1010. The van der Waals surface area contributed by atoms with Gasteiger partial charge in [0.2, 0.25) is 0 Å². The van der Waals surface area contributed by atoms with E-state index in [1.54, 1.807) is 19.2 Å². The van der Waals surface area contributed by atoms with E-state index in [1.807, 2.05) is 18.2 Å². The molecule has 1 N–H and O–H groups in total. The molecule has 0 bridgehead atoms. The van der Waals surface area contributed by atoms with Crippen LogP contribution in [-0.4, -0.2) is 13.0 Å². The highest BCUT2D eigenvalue weighted by Gasteiger charge is 2.22. The first-order valence-electron chi connectivity index (χ1n) is 8.58. The summed E-state index contributed by atoms with van der Waals surface area (Å²) in [5.41, 5.74) is 3.84. The molecule has 3 nitrogen and oxygen atoms in total. The number of carbonyl (C=O) groups is 1. The van der Waals surface area contributed by atoms with Gasteiger partial charge in [-0.15, -0.1) is 11.3 Å². The summed E-state index contributed by atoms with van der Waals surface area (Å²) in [5, 5.41) is 3.08. The van der Waals surface area contributed by atoms with Crippen LogP contribution < -0.4 is 10.1 Å². The average Bonchev–Trinajstić information content (AvgIpc) is 3.12. The molecule has 0 fully saturated rings. The minimum Gasteiger partial charge on any atom is -0.497 e. The molecule has 1 aliphatic rings. The first-order valence-corrected chi connectivity index (χ1v) is 9.77. The monoisotopic (exact) mass is 401 g/mol. The smallest absolute Gasteiger partial charge is 0.261 e. The molecule has 0 saturated carbocycles. The van der Waals surface area contributed by atoms with Crippen LogP contribution in [0.15, 0.2) is 42.5 Å². The molecule has 1 amide bonds. The van der Waals surface area contributed by atoms with Crippen molar-refractivity contribution < 1.29 is 13.9 Å². The number of aryl methyl sites for hydroxylation is 2. The topological polar surface area (TPSA) is 38.3 Å². The summed E-state index contributed by atoms with van der Waals surface area (Å²) in [6.07, 6.45) is 1.84. The number of rotatable bonds is 4. The number of fused-ring (bicyclic) bond motifs is 3. The Balaban J connectivity index is 1.58. The van der Waals surface area contributed by atoms with Gasteiger partial charge in [0.05, 0.1) is 12.0 Å². The van der Waals surface area contributed by atoms with Gasteiger partial charge in [0, 0.05) is 22.0 Å². The second-order valence-electron chi connectivity index (χ2n) is 6.37. The lowest BCUT2D eigenvalue weighted by Gasteiger charge is -2.16. The molecule has 0 unspecified atom stereocenters. The highest BCUT2D eigenvalue weighted by Crippen LogP contribution is 2.41. The zero-order valence-electron chi connectivity index (χ0n) is 14.6. The van der Waals surface area contributed by atoms with Crippen molar-refractivity contribution in [3.63, 3.8) is 0 Å². The van der Waals surface area contributed by atoms with Crippen molar-refractivity contribution in [3.05, 3.63) is 74.9 Å². The number of hydrogen-bond donors (Lipinski definition) is 1. The quantitative estimate of drug-likeness (QED) is 0.648. The summed E-state index contributed by atoms with van der Waals surface area (Å²) < 4.78 is 19.2. The predicted molar refractivity (Wildman–Crippen MR) is 106 cm³/mol. The maximum atomic E-state index is 13.9. The van der Waals surface area contributed by atoms with Gasteiger partial charge < -0.3 is 10.1 Å². The molecular weight excluding hydrogens is 385 g/mol. The number of carbonyl (C=O) groups excluding carboxylic acids is 1. The van der Waals surface area contributed by atoms with Gasteiger partial charge in [-0.1, -0.05) is 23.7 Å². The molecule has 0 atom stereocenters. The van der Waals surface area contributed by atoms with Crippen LogP contribution in [0.4, 0.5) is 4.39 Å². The minimum atomic E-state index is -0.422. The second kappa shape index (κ2) is 7.33. The van der Waals surface area contributed by atoms with Crippen molar-refractivity contribution in [1.29, 1.82) is 0 Å². The first kappa shape index (κ1) is 18.0. The lowest BCUT2D eigenvalue weighted by Crippen LogP contribution is -2.22. The van der Waals surface area contributed by atoms with E-state index in [0.717, 1.165) is 34.6 Å². The molecule has 3 aromatic rings. The van der Waals surface area contributed by atoms with Gasteiger partial charge in [-0.25, -0.2) is 4.39 Å². The standard InChI is InChI=1S/C21H17ClFNO2S/c1-26-14-8-7-12-5-6-13-9-19(27-20(13)15(12)10-14)21(25)24-11-16-17(22)3-2-4-18(16)23/h2-4,7-10H,5-6,11H2,1H3,(H,24,25). The van der Waals surface area contributed by atoms with E-state index < -0.39 is 5.82 Å². The van der Waals surface area contributed by atoms with Crippen LogP contribution in [-0.2, 0) is 19.4 Å². The fourth-order valence-electron chi connectivity index (χ4n) is 3.29. The largest absolute Gasteiger partial charge is 0.497 e. The third kappa shape index (κ3) is 3.45. The molecule has 0 aliphatic heterocycles. The molecule has 0 radical (unpaired) electrons. The number of amides is 1. The minimum absolute atomic E-state index is 0.0529. The van der Waals surface area contributed by atoms with E-state index >= 15 is 0 Å². The van der Waals surface area contributed by atoms with E-state index in [4.69, 9.17) is 16.3 Å². The van der Waals surface area contributed by atoms with Crippen molar-refractivity contribution in [2.75, 3.05) is 7.11 Å². The lowest BCUT2D eigenvalue weighted by atomic mass is 9.91. The number of hydrogen-bond acceptors (Lipinski definition) is 3. The average molecular weight is 402 g/mol. The lowest BCUT2D eigenvalue weighted by molar-refractivity contribution is 0.0954. The Morgan fingerprint density at radius 3 is 2.81 bits per heavy atom. The SMILES string of the molecule is COc1ccc2c(c1)-c1sc(C(=O)NCc3c(F)cccc3Cl)cc1CC2. The molecule has 27 heavy (non-hydrogen) atoms. The second-order valence-corrected chi connectivity index (χ2v) is 7.83. The summed E-state index contributed by atoms with van der Waals surface area (Å²) in [4.78, 5) is 14.3. The van der Waals surface area contributed by atoms with E-state index in [0.29, 0.717) is 15.5 Å². The summed E-state index contributed by atoms with van der Waals surface area (Å²) in [6, 6.07) is 12.5. The molecule has 4 rings (SSSR count). The number of methoxy groups -OCH3 is 1. The van der Waals surface area contributed by atoms with Gasteiger partial charge in [-0.2, -0.15) is 0 Å². The van der Waals surface area contributed by atoms with E-state index in [-0.39, 0.29) is 12.5 Å². The Hall–Kier alpha value is -2.37. The molecule has 1 heterocycles. The Morgan fingerprint density at radius 2 is 2.04 bits per heavy atom. The Kier molecular flexibility index (Phi) is 4.89. The number of ether oxygens (including phenoxy) is 1. The highest BCUT2D eigenvalue weighted by atomic mass is 35.5. The van der Waals surface area contributed by atoms with E-state index in [2.05, 4.69) is 11.4 Å². The summed E-state index contributed by atoms with van der Waals surface area (Å²) >= 11 is 7.48. The van der Waals surface area contributed by atoms with E-state index in [9.17, 15) is 9.18 Å². The molecular formula is C21H17ClFNO2S.